The van der Waals surface area contributed by atoms with Crippen LogP contribution in [0.5, 0.6) is 0 Å². The highest BCUT2D eigenvalue weighted by Crippen LogP contribution is 2.53. The van der Waals surface area contributed by atoms with E-state index >= 15 is 0 Å². The molecule has 8 aromatic carbocycles. The highest BCUT2D eigenvalue weighted by molar-refractivity contribution is 7.99. The molecule has 12 rings (SSSR count). The van der Waals surface area contributed by atoms with E-state index in [-0.39, 0.29) is 0 Å². The second-order valence-electron chi connectivity index (χ2n) is 13.3. The minimum absolute atomic E-state index is 1.16. The van der Waals surface area contributed by atoms with Gasteiger partial charge >= 0.3 is 0 Å². The Kier molecular flexibility index (Phi) is 5.17. The van der Waals surface area contributed by atoms with Gasteiger partial charge in [0.15, 0.2) is 0 Å². The smallest absolute Gasteiger partial charge is 0.0790 e. The van der Waals surface area contributed by atoms with Crippen molar-refractivity contribution in [2.75, 3.05) is 0 Å². The van der Waals surface area contributed by atoms with Crippen molar-refractivity contribution in [2.45, 2.75) is 9.79 Å². The number of fused-ring (bicyclic) bond motifs is 14. The predicted molar refractivity (Wildman–Crippen MR) is 211 cm³/mol. The molecule has 4 heteroatoms. The summed E-state index contributed by atoms with van der Waals surface area (Å²) < 4.78 is 7.58. The molecule has 0 bridgehead atoms. The van der Waals surface area contributed by atoms with Gasteiger partial charge in [-0.15, -0.1) is 0 Å². The zero-order chi connectivity index (χ0) is 32.5. The van der Waals surface area contributed by atoms with Crippen LogP contribution >= 0.6 is 11.8 Å². The summed E-state index contributed by atoms with van der Waals surface area (Å²) in [6.07, 6.45) is 0. The molecule has 11 aromatic rings. The topological polar surface area (TPSA) is 14.8 Å². The first-order valence-electron chi connectivity index (χ1n) is 17.1. The van der Waals surface area contributed by atoms with Crippen LogP contribution in [0.2, 0.25) is 0 Å². The molecule has 0 saturated heterocycles. The van der Waals surface area contributed by atoms with E-state index in [1.807, 2.05) is 11.8 Å². The number of benzene rings is 8. The van der Waals surface area contributed by atoms with E-state index < -0.39 is 0 Å². The van der Waals surface area contributed by atoms with Gasteiger partial charge in [-0.05, 0) is 65.4 Å². The molecule has 3 nitrogen and oxygen atoms in total. The number of para-hydroxylation sites is 4. The Labute approximate surface area is 291 Å². The summed E-state index contributed by atoms with van der Waals surface area (Å²) in [6, 6.07) is 60.3. The van der Waals surface area contributed by atoms with Gasteiger partial charge in [0.05, 0.1) is 38.8 Å². The molecule has 0 N–H and O–H groups in total. The lowest BCUT2D eigenvalue weighted by Crippen LogP contribution is -2.04. The van der Waals surface area contributed by atoms with E-state index in [1.54, 1.807) is 0 Å². The third-order valence-corrected chi connectivity index (χ3v) is 11.8. The largest absolute Gasteiger partial charge is 0.309 e. The van der Waals surface area contributed by atoms with Crippen LogP contribution in [0, 0.1) is 0 Å². The minimum Gasteiger partial charge on any atom is -0.309 e. The van der Waals surface area contributed by atoms with Crippen molar-refractivity contribution < 1.29 is 0 Å². The minimum atomic E-state index is 1.16. The molecule has 0 saturated carbocycles. The van der Waals surface area contributed by atoms with Gasteiger partial charge in [0.25, 0.3) is 0 Å². The molecule has 0 atom stereocenters. The van der Waals surface area contributed by atoms with Gasteiger partial charge in [0, 0.05) is 53.5 Å². The molecule has 0 amide bonds. The van der Waals surface area contributed by atoms with Crippen molar-refractivity contribution in [2.24, 2.45) is 0 Å². The van der Waals surface area contributed by atoms with Crippen molar-refractivity contribution >= 4 is 88.0 Å². The van der Waals surface area contributed by atoms with Crippen LogP contribution in [0.1, 0.15) is 0 Å². The van der Waals surface area contributed by atoms with E-state index in [4.69, 9.17) is 0 Å². The lowest BCUT2D eigenvalue weighted by molar-refractivity contribution is 1.09. The fraction of sp³-hybridized carbons (Fsp3) is 0. The average Bonchev–Trinajstić information content (AvgIpc) is 3.82. The SMILES string of the molecule is c1ccc(-n2c3ccccc3c3cc4c5c(c6ccc7c8ccccc8n(-c8ccccc8)c7c6n5-c5cc6ccccc6cc5S4)c32)cc1. The summed E-state index contributed by atoms with van der Waals surface area (Å²) in [6.45, 7) is 0. The van der Waals surface area contributed by atoms with Crippen molar-refractivity contribution in [3.05, 3.63) is 164 Å². The van der Waals surface area contributed by atoms with Gasteiger partial charge in [-0.25, -0.2) is 0 Å². The molecular weight excluding hydrogens is 627 g/mol. The van der Waals surface area contributed by atoms with E-state index in [0.29, 0.717) is 0 Å². The molecular formula is C46H27N3S. The third kappa shape index (κ3) is 3.36. The van der Waals surface area contributed by atoms with E-state index in [2.05, 4.69) is 177 Å². The predicted octanol–water partition coefficient (Wildman–Crippen LogP) is 12.6. The van der Waals surface area contributed by atoms with Crippen LogP contribution in [-0.2, 0) is 0 Å². The Bertz CT molecular complexity index is 3220. The summed E-state index contributed by atoms with van der Waals surface area (Å²) in [5.74, 6) is 0. The van der Waals surface area contributed by atoms with Gasteiger partial charge in [-0.1, -0.05) is 121 Å². The van der Waals surface area contributed by atoms with E-state index in [9.17, 15) is 0 Å². The molecule has 4 heterocycles. The fourth-order valence-corrected chi connectivity index (χ4v) is 9.89. The molecule has 232 valence electrons. The Morgan fingerprint density at radius 1 is 0.340 bits per heavy atom. The Morgan fingerprint density at radius 2 is 0.880 bits per heavy atom. The monoisotopic (exact) mass is 653 g/mol. The Hall–Kier alpha value is -6.23. The first-order chi connectivity index (χ1) is 24.8. The second kappa shape index (κ2) is 9.69. The summed E-state index contributed by atoms with van der Waals surface area (Å²) in [5.41, 5.74) is 11.0. The normalized spacial score (nSPS) is 12.7. The molecule has 3 aromatic heterocycles. The Balaban J connectivity index is 1.40. The molecule has 50 heavy (non-hydrogen) atoms. The van der Waals surface area contributed by atoms with Crippen LogP contribution < -0.4 is 0 Å². The van der Waals surface area contributed by atoms with Gasteiger partial charge in [0.1, 0.15) is 0 Å². The lowest BCUT2D eigenvalue weighted by atomic mass is 10.1. The number of rotatable bonds is 2. The van der Waals surface area contributed by atoms with Crippen LogP contribution in [0.3, 0.4) is 0 Å². The van der Waals surface area contributed by atoms with Gasteiger partial charge in [0.2, 0.25) is 0 Å². The average molecular weight is 654 g/mol. The fourth-order valence-electron chi connectivity index (χ4n) is 8.74. The zero-order valence-electron chi connectivity index (χ0n) is 26.8. The Morgan fingerprint density at radius 3 is 1.58 bits per heavy atom. The second-order valence-corrected chi connectivity index (χ2v) is 14.4. The standard InChI is InChI=1S/C46H27N3S/c1-3-15-30(16-4-1)47-38-22-12-10-20-33(38)36-27-41-46-42(43(36)47)35-24-23-34-32-19-9-11-21-37(32)48(31-17-5-2-6-18-31)44(34)45(35)49(46)39-25-28-13-7-8-14-29(28)26-40(39)50-41/h1-27H. The summed E-state index contributed by atoms with van der Waals surface area (Å²) in [7, 11) is 0. The molecule has 0 aliphatic carbocycles. The highest BCUT2D eigenvalue weighted by atomic mass is 32.2. The first-order valence-corrected chi connectivity index (χ1v) is 17.9. The van der Waals surface area contributed by atoms with Crippen LogP contribution in [0.4, 0.5) is 0 Å². The van der Waals surface area contributed by atoms with Crippen molar-refractivity contribution in [3.8, 4) is 17.1 Å². The van der Waals surface area contributed by atoms with E-state index in [1.165, 1.54) is 97.4 Å². The number of aromatic nitrogens is 3. The lowest BCUT2D eigenvalue weighted by Gasteiger charge is -2.22. The molecule has 0 spiro atoms. The number of nitrogens with zero attached hydrogens (tertiary/aromatic N) is 3. The molecule has 1 aliphatic rings. The summed E-state index contributed by atoms with van der Waals surface area (Å²) in [5, 5.41) is 10.2. The first kappa shape index (κ1) is 26.7. The van der Waals surface area contributed by atoms with E-state index in [0.717, 1.165) is 5.69 Å². The van der Waals surface area contributed by atoms with Crippen LogP contribution in [-0.4, -0.2) is 13.7 Å². The van der Waals surface area contributed by atoms with Crippen molar-refractivity contribution in [3.63, 3.8) is 0 Å². The maximum atomic E-state index is 2.60. The quantitative estimate of drug-likeness (QED) is 0.181. The van der Waals surface area contributed by atoms with Gasteiger partial charge in [-0.3, -0.25) is 0 Å². The van der Waals surface area contributed by atoms with Crippen LogP contribution in [0.25, 0.3) is 93.3 Å². The molecule has 0 fully saturated rings. The zero-order valence-corrected chi connectivity index (χ0v) is 27.7. The van der Waals surface area contributed by atoms with Crippen molar-refractivity contribution in [1.29, 1.82) is 0 Å². The maximum absolute atomic E-state index is 2.60. The molecule has 0 radical (unpaired) electrons. The molecule has 1 aliphatic heterocycles. The third-order valence-electron chi connectivity index (χ3n) is 10.7. The number of hydrogen-bond donors (Lipinski definition) is 0. The summed E-state index contributed by atoms with van der Waals surface area (Å²) in [4.78, 5) is 2.57. The van der Waals surface area contributed by atoms with Gasteiger partial charge in [-0.2, -0.15) is 0 Å². The number of hydrogen-bond acceptors (Lipinski definition) is 1. The van der Waals surface area contributed by atoms with Crippen LogP contribution in [0.15, 0.2) is 174 Å². The molecule has 0 unspecified atom stereocenters. The van der Waals surface area contributed by atoms with Crippen molar-refractivity contribution in [1.82, 2.24) is 13.7 Å². The summed E-state index contributed by atoms with van der Waals surface area (Å²) >= 11 is 1.91. The highest BCUT2D eigenvalue weighted by Gasteiger charge is 2.30. The maximum Gasteiger partial charge on any atom is 0.0790 e. The van der Waals surface area contributed by atoms with Gasteiger partial charge < -0.3 is 13.7 Å².